The third kappa shape index (κ3) is 3.45. The summed E-state index contributed by atoms with van der Waals surface area (Å²) in [5.74, 6) is -0.0732. The number of anilines is 1. The first-order chi connectivity index (χ1) is 11.7. The van der Waals surface area contributed by atoms with Crippen molar-refractivity contribution >= 4 is 17.7 Å². The van der Waals surface area contributed by atoms with Crippen molar-refractivity contribution in [2.24, 2.45) is 0 Å². The molecule has 2 aromatic carbocycles. The van der Waals surface area contributed by atoms with Crippen LogP contribution in [0.2, 0.25) is 0 Å². The first-order valence-corrected chi connectivity index (χ1v) is 8.22. The van der Waals surface area contributed by atoms with Gasteiger partial charge in [0.25, 0.3) is 5.69 Å². The second-order valence-electron chi connectivity index (χ2n) is 6.09. The maximum atomic E-state index is 11.1. The Morgan fingerprint density at radius 3 is 2.04 bits per heavy atom. The van der Waals surface area contributed by atoms with Crippen LogP contribution in [0.25, 0.3) is 0 Å². The molecule has 1 aliphatic rings. The Morgan fingerprint density at radius 2 is 1.54 bits per heavy atom. The van der Waals surface area contributed by atoms with E-state index in [1.807, 2.05) is 0 Å². The normalized spacial score (nSPS) is 15.2. The Balaban J connectivity index is 1.84. The lowest BCUT2D eigenvalue weighted by atomic mass is 9.89. The van der Waals surface area contributed by atoms with Gasteiger partial charge in [0.05, 0.1) is 4.92 Å². The number of rotatable bonds is 6. The molecule has 0 aromatic heterocycles. The number of non-ortho nitro benzene ring substituents is 1. The van der Waals surface area contributed by atoms with Gasteiger partial charge in [-0.25, -0.2) is 0 Å². The summed E-state index contributed by atoms with van der Waals surface area (Å²) in [4.78, 5) is 23.8. The first kappa shape index (κ1) is 16.2. The lowest BCUT2D eigenvalue weighted by Gasteiger charge is -2.20. The number of benzene rings is 2. The number of carbonyl (C=O) groups is 1. The third-order valence-corrected chi connectivity index (χ3v) is 4.60. The van der Waals surface area contributed by atoms with Gasteiger partial charge in [-0.1, -0.05) is 24.3 Å². The zero-order valence-corrected chi connectivity index (χ0v) is 13.4. The number of aldehydes is 1. The summed E-state index contributed by atoms with van der Waals surface area (Å²) in [6, 6.07) is 14.8. The molecule has 2 aromatic rings. The van der Waals surface area contributed by atoms with E-state index in [4.69, 9.17) is 0 Å². The largest absolute Gasteiger partial charge is 0.372 e. The summed E-state index contributed by atoms with van der Waals surface area (Å²) in [5, 5.41) is 10.8. The maximum Gasteiger partial charge on any atom is 0.269 e. The summed E-state index contributed by atoms with van der Waals surface area (Å²) < 4.78 is 0. The molecule has 3 rings (SSSR count). The zero-order valence-electron chi connectivity index (χ0n) is 13.4. The maximum absolute atomic E-state index is 11.1. The van der Waals surface area contributed by atoms with E-state index in [0.717, 1.165) is 30.5 Å². The summed E-state index contributed by atoms with van der Waals surface area (Å²) in [7, 11) is 0. The molecule has 0 bridgehead atoms. The van der Waals surface area contributed by atoms with E-state index in [1.54, 1.807) is 12.1 Å². The molecule has 0 N–H and O–H groups in total. The molecular formula is C19H20N2O3. The summed E-state index contributed by atoms with van der Waals surface area (Å²) in [5.41, 5.74) is 3.25. The fraction of sp³-hybridized carbons (Fsp3) is 0.316. The molecule has 24 heavy (non-hydrogen) atoms. The van der Waals surface area contributed by atoms with E-state index in [-0.39, 0.29) is 11.6 Å². The van der Waals surface area contributed by atoms with Gasteiger partial charge in [0, 0.05) is 43.2 Å². The topological polar surface area (TPSA) is 63.5 Å². The van der Waals surface area contributed by atoms with Crippen LogP contribution < -0.4 is 4.90 Å². The van der Waals surface area contributed by atoms with E-state index in [9.17, 15) is 14.9 Å². The van der Waals surface area contributed by atoms with Gasteiger partial charge in [0.15, 0.2) is 0 Å². The first-order valence-electron chi connectivity index (χ1n) is 8.22. The number of nitro benzene ring substituents is 1. The molecule has 5 nitrogen and oxygen atoms in total. The van der Waals surface area contributed by atoms with Gasteiger partial charge in [-0.2, -0.15) is 0 Å². The molecule has 0 unspecified atom stereocenters. The number of nitrogens with zero attached hydrogens (tertiary/aromatic N) is 2. The molecule has 0 amide bonds. The lowest BCUT2D eigenvalue weighted by Crippen LogP contribution is -2.17. The van der Waals surface area contributed by atoms with E-state index < -0.39 is 4.92 Å². The van der Waals surface area contributed by atoms with Gasteiger partial charge in [0.1, 0.15) is 6.29 Å². The minimum atomic E-state index is -0.413. The SMILES string of the molecule is O=CC[C@@H](c1ccc(N2CCCC2)cc1)c1ccc([N+](=O)[O-])cc1. The fourth-order valence-corrected chi connectivity index (χ4v) is 3.28. The van der Waals surface area contributed by atoms with Crippen molar-refractivity contribution < 1.29 is 9.72 Å². The van der Waals surface area contributed by atoms with Gasteiger partial charge < -0.3 is 9.69 Å². The number of carbonyl (C=O) groups excluding carboxylic acids is 1. The van der Waals surface area contributed by atoms with Crippen molar-refractivity contribution in [3.63, 3.8) is 0 Å². The lowest BCUT2D eigenvalue weighted by molar-refractivity contribution is -0.384. The van der Waals surface area contributed by atoms with Crippen LogP contribution in [-0.2, 0) is 4.79 Å². The van der Waals surface area contributed by atoms with E-state index >= 15 is 0 Å². The molecule has 1 heterocycles. The fourth-order valence-electron chi connectivity index (χ4n) is 3.28. The summed E-state index contributed by atoms with van der Waals surface area (Å²) in [6.45, 7) is 2.19. The van der Waals surface area contributed by atoms with Crippen LogP contribution in [0.15, 0.2) is 48.5 Å². The van der Waals surface area contributed by atoms with E-state index in [2.05, 4.69) is 29.2 Å². The summed E-state index contributed by atoms with van der Waals surface area (Å²) in [6.07, 6.45) is 3.73. The standard InChI is InChI=1S/C19H20N2O3/c22-14-11-19(16-5-9-18(10-6-16)21(23)24)15-3-7-17(8-4-15)20-12-1-2-13-20/h3-10,14,19H,1-2,11-13H2/t19-/m0/s1. The van der Waals surface area contributed by atoms with Crippen molar-refractivity contribution in [1.82, 2.24) is 0 Å². The predicted molar refractivity (Wildman–Crippen MR) is 93.5 cm³/mol. The molecule has 124 valence electrons. The van der Waals surface area contributed by atoms with Crippen LogP contribution in [-0.4, -0.2) is 24.3 Å². The molecule has 1 aliphatic heterocycles. The zero-order chi connectivity index (χ0) is 16.9. The molecular weight excluding hydrogens is 304 g/mol. The van der Waals surface area contributed by atoms with Crippen molar-refractivity contribution in [2.75, 3.05) is 18.0 Å². The molecule has 0 radical (unpaired) electrons. The Kier molecular flexibility index (Phi) is 4.89. The third-order valence-electron chi connectivity index (χ3n) is 4.60. The molecule has 0 saturated carbocycles. The highest BCUT2D eigenvalue weighted by Gasteiger charge is 2.17. The van der Waals surface area contributed by atoms with Crippen LogP contribution in [0.4, 0.5) is 11.4 Å². The summed E-state index contributed by atoms with van der Waals surface area (Å²) >= 11 is 0. The van der Waals surface area contributed by atoms with Crippen molar-refractivity contribution in [1.29, 1.82) is 0 Å². The van der Waals surface area contributed by atoms with Crippen LogP contribution >= 0.6 is 0 Å². The highest BCUT2D eigenvalue weighted by atomic mass is 16.6. The van der Waals surface area contributed by atoms with Crippen LogP contribution in [0, 0.1) is 10.1 Å². The Bertz CT molecular complexity index is 704. The van der Waals surface area contributed by atoms with Crippen LogP contribution in [0.5, 0.6) is 0 Å². The average molecular weight is 324 g/mol. The molecule has 5 heteroatoms. The Labute approximate surface area is 141 Å². The van der Waals surface area contributed by atoms with Gasteiger partial charge in [-0.3, -0.25) is 10.1 Å². The van der Waals surface area contributed by atoms with Crippen LogP contribution in [0.3, 0.4) is 0 Å². The highest BCUT2D eigenvalue weighted by Crippen LogP contribution is 2.30. The monoisotopic (exact) mass is 324 g/mol. The molecule has 1 fully saturated rings. The molecule has 1 saturated heterocycles. The minimum absolute atomic E-state index is 0.0629. The van der Waals surface area contributed by atoms with Gasteiger partial charge in [-0.15, -0.1) is 0 Å². The van der Waals surface area contributed by atoms with E-state index in [1.165, 1.54) is 30.7 Å². The molecule has 0 spiro atoms. The molecule has 1 atom stereocenters. The van der Waals surface area contributed by atoms with Crippen molar-refractivity contribution in [2.45, 2.75) is 25.2 Å². The number of hydrogen-bond donors (Lipinski definition) is 0. The Morgan fingerprint density at radius 1 is 1.00 bits per heavy atom. The highest BCUT2D eigenvalue weighted by molar-refractivity contribution is 5.56. The Hall–Kier alpha value is -2.69. The van der Waals surface area contributed by atoms with Gasteiger partial charge in [0.2, 0.25) is 0 Å². The quantitative estimate of drug-likeness (QED) is 0.459. The van der Waals surface area contributed by atoms with Gasteiger partial charge in [-0.05, 0) is 36.1 Å². The van der Waals surface area contributed by atoms with Crippen molar-refractivity contribution in [3.8, 4) is 0 Å². The van der Waals surface area contributed by atoms with Gasteiger partial charge >= 0.3 is 0 Å². The van der Waals surface area contributed by atoms with Crippen LogP contribution in [0.1, 0.15) is 36.3 Å². The smallest absolute Gasteiger partial charge is 0.269 e. The predicted octanol–water partition coefficient (Wildman–Crippen LogP) is 3.92. The molecule has 0 aliphatic carbocycles. The van der Waals surface area contributed by atoms with E-state index in [0.29, 0.717) is 6.42 Å². The minimum Gasteiger partial charge on any atom is -0.372 e. The number of hydrogen-bond acceptors (Lipinski definition) is 4. The number of nitro groups is 1. The second kappa shape index (κ2) is 7.25. The average Bonchev–Trinajstić information content (AvgIpc) is 3.15. The second-order valence-corrected chi connectivity index (χ2v) is 6.09. The van der Waals surface area contributed by atoms with Crippen molar-refractivity contribution in [3.05, 3.63) is 69.8 Å².